The first kappa shape index (κ1) is 17.6. The Labute approximate surface area is 143 Å². The summed E-state index contributed by atoms with van der Waals surface area (Å²) < 4.78 is 11.0. The van der Waals surface area contributed by atoms with Crippen molar-refractivity contribution in [3.8, 4) is 5.75 Å². The van der Waals surface area contributed by atoms with Gasteiger partial charge in [0.25, 0.3) is 0 Å². The molecule has 1 aromatic carbocycles. The Morgan fingerprint density at radius 2 is 1.96 bits per heavy atom. The zero-order valence-electron chi connectivity index (χ0n) is 13.6. The van der Waals surface area contributed by atoms with E-state index in [9.17, 15) is 14.7 Å². The van der Waals surface area contributed by atoms with Gasteiger partial charge < -0.3 is 14.6 Å². The molecule has 7 heteroatoms. The van der Waals surface area contributed by atoms with Crippen LogP contribution in [-0.2, 0) is 27.2 Å². The minimum atomic E-state index is -0.791. The lowest BCUT2D eigenvalue weighted by Crippen LogP contribution is -2.50. The fraction of sp³-hybridized carbons (Fsp3) is 0.500. The molecule has 23 heavy (non-hydrogen) atoms. The van der Waals surface area contributed by atoms with E-state index in [1.165, 1.54) is 12.0 Å². The summed E-state index contributed by atoms with van der Waals surface area (Å²) >= 11 is 3.42. The van der Waals surface area contributed by atoms with Crippen molar-refractivity contribution < 1.29 is 24.2 Å². The molecule has 0 spiro atoms. The lowest BCUT2D eigenvalue weighted by molar-refractivity contribution is -0.147. The lowest BCUT2D eigenvalue weighted by atomic mass is 9.93. The second-order valence-electron chi connectivity index (χ2n) is 6.37. The summed E-state index contributed by atoms with van der Waals surface area (Å²) in [7, 11) is 1.28. The third-order valence-electron chi connectivity index (χ3n) is 3.55. The predicted octanol–water partition coefficient (Wildman–Crippen LogP) is 2.99. The van der Waals surface area contributed by atoms with Crippen LogP contribution >= 0.6 is 15.9 Å². The first-order valence-corrected chi connectivity index (χ1v) is 8.00. The number of carbonyl (C=O) groups is 2. The van der Waals surface area contributed by atoms with Crippen molar-refractivity contribution in [2.24, 2.45) is 0 Å². The maximum Gasteiger partial charge on any atom is 0.411 e. The van der Waals surface area contributed by atoms with Crippen LogP contribution in [0, 0.1) is 0 Å². The number of hydrogen-bond acceptors (Lipinski definition) is 5. The Morgan fingerprint density at radius 1 is 1.30 bits per heavy atom. The Hall–Kier alpha value is -1.76. The standard InChI is InChI=1S/C16H20BrNO5/c1-16(2,3)23-15(21)18-8-10-9(7-12(18)14(20)22-4)11(17)5-6-13(10)19/h5-6,12,19H,7-8H2,1-4H3. The van der Waals surface area contributed by atoms with Crippen molar-refractivity contribution in [1.82, 2.24) is 4.90 Å². The summed E-state index contributed by atoms with van der Waals surface area (Å²) in [5.74, 6) is -0.433. The van der Waals surface area contributed by atoms with Crippen LogP contribution in [0.5, 0.6) is 5.75 Å². The lowest BCUT2D eigenvalue weighted by Gasteiger charge is -2.36. The van der Waals surface area contributed by atoms with Gasteiger partial charge in [-0.1, -0.05) is 15.9 Å². The minimum Gasteiger partial charge on any atom is -0.508 e. The number of esters is 1. The van der Waals surface area contributed by atoms with E-state index in [0.29, 0.717) is 5.56 Å². The van der Waals surface area contributed by atoms with Crippen LogP contribution < -0.4 is 0 Å². The maximum atomic E-state index is 12.5. The second-order valence-corrected chi connectivity index (χ2v) is 7.23. The van der Waals surface area contributed by atoms with Gasteiger partial charge >= 0.3 is 12.1 Å². The highest BCUT2D eigenvalue weighted by Gasteiger charge is 2.39. The third kappa shape index (κ3) is 3.77. The highest BCUT2D eigenvalue weighted by molar-refractivity contribution is 9.10. The number of benzene rings is 1. The van der Waals surface area contributed by atoms with Gasteiger partial charge in [0.2, 0.25) is 0 Å². The number of hydrogen-bond donors (Lipinski definition) is 1. The van der Waals surface area contributed by atoms with Gasteiger partial charge in [-0.2, -0.15) is 0 Å². The molecular formula is C16H20BrNO5. The number of rotatable bonds is 1. The van der Waals surface area contributed by atoms with E-state index in [4.69, 9.17) is 9.47 Å². The first-order valence-electron chi connectivity index (χ1n) is 7.20. The zero-order valence-corrected chi connectivity index (χ0v) is 15.1. The van der Waals surface area contributed by atoms with Gasteiger partial charge in [-0.3, -0.25) is 4.90 Å². The molecule has 1 atom stereocenters. The number of phenolic OH excluding ortho intramolecular Hbond substituents is 1. The van der Waals surface area contributed by atoms with E-state index in [1.54, 1.807) is 32.9 Å². The summed E-state index contributed by atoms with van der Waals surface area (Å²) in [4.78, 5) is 25.9. The van der Waals surface area contributed by atoms with E-state index in [0.717, 1.165) is 10.0 Å². The van der Waals surface area contributed by atoms with Gasteiger partial charge in [-0.15, -0.1) is 0 Å². The molecule has 0 radical (unpaired) electrons. The van der Waals surface area contributed by atoms with Gasteiger partial charge in [-0.05, 0) is 38.5 Å². The topological polar surface area (TPSA) is 76.1 Å². The molecule has 0 aliphatic carbocycles. The number of fused-ring (bicyclic) bond motifs is 1. The SMILES string of the molecule is COC(=O)C1Cc2c(Br)ccc(O)c2CN1C(=O)OC(C)(C)C. The van der Waals surface area contributed by atoms with Crippen LogP contribution in [0.1, 0.15) is 31.9 Å². The molecular weight excluding hydrogens is 366 g/mol. The fourth-order valence-electron chi connectivity index (χ4n) is 2.49. The summed E-state index contributed by atoms with van der Waals surface area (Å²) in [6, 6.07) is 2.47. The summed E-state index contributed by atoms with van der Waals surface area (Å²) in [5, 5.41) is 10.1. The van der Waals surface area contributed by atoms with Gasteiger partial charge in [-0.25, -0.2) is 9.59 Å². The molecule has 2 rings (SSSR count). The maximum absolute atomic E-state index is 12.5. The van der Waals surface area contributed by atoms with E-state index in [2.05, 4.69) is 15.9 Å². The number of phenols is 1. The number of nitrogens with zero attached hydrogens (tertiary/aromatic N) is 1. The normalized spacial score (nSPS) is 17.4. The molecule has 126 valence electrons. The van der Waals surface area contributed by atoms with Gasteiger partial charge in [0.05, 0.1) is 13.7 Å². The number of amides is 1. The molecule has 1 aliphatic rings. The van der Waals surface area contributed by atoms with Crippen molar-refractivity contribution in [1.29, 1.82) is 0 Å². The van der Waals surface area contributed by atoms with Crippen LogP contribution in [0.2, 0.25) is 0 Å². The van der Waals surface area contributed by atoms with E-state index in [1.807, 2.05) is 0 Å². The molecule has 0 saturated heterocycles. The summed E-state index contributed by atoms with van der Waals surface area (Å²) in [5.41, 5.74) is 0.711. The molecule has 1 amide bonds. The highest BCUT2D eigenvalue weighted by atomic mass is 79.9. The van der Waals surface area contributed by atoms with E-state index >= 15 is 0 Å². The summed E-state index contributed by atoms with van der Waals surface area (Å²) in [6.07, 6.45) is -0.367. The molecule has 0 bridgehead atoms. The predicted molar refractivity (Wildman–Crippen MR) is 87.1 cm³/mol. The number of carbonyl (C=O) groups excluding carboxylic acids is 2. The Kier molecular flexibility index (Phi) is 4.89. The molecule has 1 N–H and O–H groups in total. The quantitative estimate of drug-likeness (QED) is 0.751. The van der Waals surface area contributed by atoms with E-state index in [-0.39, 0.29) is 18.7 Å². The molecule has 0 fully saturated rings. The van der Waals surface area contributed by atoms with E-state index < -0.39 is 23.7 Å². The van der Waals surface area contributed by atoms with Crippen LogP contribution in [0.25, 0.3) is 0 Å². The smallest absolute Gasteiger partial charge is 0.411 e. The molecule has 1 aromatic rings. The van der Waals surface area contributed by atoms with Crippen LogP contribution in [0.3, 0.4) is 0 Å². The molecule has 6 nitrogen and oxygen atoms in total. The van der Waals surface area contributed by atoms with Crippen molar-refractivity contribution in [2.75, 3.05) is 7.11 Å². The van der Waals surface area contributed by atoms with Crippen LogP contribution in [-0.4, -0.2) is 40.8 Å². The second kappa shape index (κ2) is 6.39. The van der Waals surface area contributed by atoms with Gasteiger partial charge in [0, 0.05) is 16.5 Å². The Bertz CT molecular complexity index is 638. The molecule has 1 unspecified atom stereocenters. The van der Waals surface area contributed by atoms with Crippen molar-refractivity contribution in [3.63, 3.8) is 0 Å². The minimum absolute atomic E-state index is 0.0787. The Balaban J connectivity index is 2.41. The summed E-state index contributed by atoms with van der Waals surface area (Å²) in [6.45, 7) is 5.34. The highest BCUT2D eigenvalue weighted by Crippen LogP contribution is 2.35. The molecule has 0 saturated carbocycles. The molecule has 0 aromatic heterocycles. The van der Waals surface area contributed by atoms with Crippen molar-refractivity contribution in [2.45, 2.75) is 45.4 Å². The van der Waals surface area contributed by atoms with Crippen LogP contribution in [0.15, 0.2) is 16.6 Å². The monoisotopic (exact) mass is 385 g/mol. The zero-order chi connectivity index (χ0) is 17.4. The average molecular weight is 386 g/mol. The fourth-order valence-corrected chi connectivity index (χ4v) is 3.03. The first-order chi connectivity index (χ1) is 10.6. The molecule has 1 heterocycles. The molecule has 1 aliphatic heterocycles. The number of halogens is 1. The van der Waals surface area contributed by atoms with Crippen molar-refractivity contribution in [3.05, 3.63) is 27.7 Å². The van der Waals surface area contributed by atoms with Gasteiger partial charge in [0.1, 0.15) is 17.4 Å². The number of ether oxygens (including phenoxy) is 2. The number of aromatic hydroxyl groups is 1. The number of methoxy groups -OCH3 is 1. The van der Waals surface area contributed by atoms with Crippen LogP contribution in [0.4, 0.5) is 4.79 Å². The Morgan fingerprint density at radius 3 is 2.52 bits per heavy atom. The van der Waals surface area contributed by atoms with Gasteiger partial charge in [0.15, 0.2) is 0 Å². The third-order valence-corrected chi connectivity index (χ3v) is 4.30. The average Bonchev–Trinajstić information content (AvgIpc) is 2.47. The van der Waals surface area contributed by atoms with Crippen molar-refractivity contribution >= 4 is 28.0 Å². The largest absolute Gasteiger partial charge is 0.508 e.